The van der Waals surface area contributed by atoms with Crippen molar-refractivity contribution in [2.75, 3.05) is 20.1 Å². The first-order valence-electron chi connectivity index (χ1n) is 7.18. The van der Waals surface area contributed by atoms with Crippen LogP contribution in [0.25, 0.3) is 0 Å². The molecule has 0 amide bonds. The van der Waals surface area contributed by atoms with Crippen molar-refractivity contribution < 1.29 is 0 Å². The van der Waals surface area contributed by atoms with Gasteiger partial charge in [-0.25, -0.2) is 0 Å². The molecule has 0 spiro atoms. The molecule has 0 aromatic heterocycles. The van der Waals surface area contributed by atoms with Gasteiger partial charge < -0.3 is 5.32 Å². The van der Waals surface area contributed by atoms with Gasteiger partial charge in [0.05, 0.1) is 0 Å². The Labute approximate surface area is 102 Å². The molecule has 1 aliphatic heterocycles. The third-order valence-electron chi connectivity index (χ3n) is 4.02. The molecule has 0 saturated carbocycles. The van der Waals surface area contributed by atoms with Crippen molar-refractivity contribution in [3.8, 4) is 0 Å². The minimum atomic E-state index is 0.752. The van der Waals surface area contributed by atoms with E-state index in [1.54, 1.807) is 0 Å². The predicted molar refractivity (Wildman–Crippen MR) is 71.9 cm³/mol. The lowest BCUT2D eigenvalue weighted by atomic mass is 10.0. The summed E-state index contributed by atoms with van der Waals surface area (Å²) in [5, 5.41) is 3.51. The van der Waals surface area contributed by atoms with Gasteiger partial charge in [-0.15, -0.1) is 0 Å². The molecule has 2 nitrogen and oxygen atoms in total. The average Bonchev–Trinajstić information content (AvgIpc) is 2.34. The molecule has 1 fully saturated rings. The number of nitrogens with zero attached hydrogens (tertiary/aromatic N) is 1. The standard InChI is InChI=1S/C14H30N2/c1-4-5-6-7-9-13(2)16(3)14-10-8-11-15-12-14/h13-15H,4-12H2,1-3H3. The molecule has 1 N–H and O–H groups in total. The Morgan fingerprint density at radius 1 is 1.31 bits per heavy atom. The number of hydrogen-bond acceptors (Lipinski definition) is 2. The summed E-state index contributed by atoms with van der Waals surface area (Å²) in [6, 6.07) is 1.52. The quantitative estimate of drug-likeness (QED) is 0.671. The fraction of sp³-hybridized carbons (Fsp3) is 1.00. The summed E-state index contributed by atoms with van der Waals surface area (Å²) in [5.74, 6) is 0. The SMILES string of the molecule is CCCCCCC(C)N(C)C1CCCNC1. The van der Waals surface area contributed by atoms with Gasteiger partial charge in [-0.2, -0.15) is 0 Å². The zero-order valence-corrected chi connectivity index (χ0v) is 11.5. The molecule has 0 aliphatic carbocycles. The average molecular weight is 226 g/mol. The molecule has 1 saturated heterocycles. The maximum absolute atomic E-state index is 3.51. The second-order valence-electron chi connectivity index (χ2n) is 5.36. The van der Waals surface area contributed by atoms with Gasteiger partial charge in [-0.05, 0) is 39.8 Å². The minimum Gasteiger partial charge on any atom is -0.315 e. The largest absolute Gasteiger partial charge is 0.315 e. The van der Waals surface area contributed by atoms with Crippen LogP contribution in [0.3, 0.4) is 0 Å². The zero-order valence-electron chi connectivity index (χ0n) is 11.5. The minimum absolute atomic E-state index is 0.752. The van der Waals surface area contributed by atoms with E-state index in [0.717, 1.165) is 12.1 Å². The first-order chi connectivity index (χ1) is 7.75. The Kier molecular flexibility index (Phi) is 7.06. The van der Waals surface area contributed by atoms with Gasteiger partial charge in [-0.3, -0.25) is 4.90 Å². The molecular formula is C14H30N2. The number of unbranched alkanes of at least 4 members (excludes halogenated alkanes) is 3. The van der Waals surface area contributed by atoms with Gasteiger partial charge in [0.25, 0.3) is 0 Å². The zero-order chi connectivity index (χ0) is 11.8. The van der Waals surface area contributed by atoms with E-state index in [0.29, 0.717) is 0 Å². The molecule has 0 bridgehead atoms. The summed E-state index contributed by atoms with van der Waals surface area (Å²) in [5.41, 5.74) is 0. The van der Waals surface area contributed by atoms with E-state index in [9.17, 15) is 0 Å². The normalized spacial score (nSPS) is 23.6. The Balaban J connectivity index is 2.15. The van der Waals surface area contributed by atoms with E-state index in [-0.39, 0.29) is 0 Å². The van der Waals surface area contributed by atoms with Crippen molar-refractivity contribution in [3.63, 3.8) is 0 Å². The van der Waals surface area contributed by atoms with E-state index in [2.05, 4.69) is 31.1 Å². The summed E-state index contributed by atoms with van der Waals surface area (Å²) in [7, 11) is 2.31. The molecular weight excluding hydrogens is 196 g/mol. The molecule has 0 radical (unpaired) electrons. The fourth-order valence-electron chi connectivity index (χ4n) is 2.61. The second-order valence-corrected chi connectivity index (χ2v) is 5.36. The lowest BCUT2D eigenvalue weighted by molar-refractivity contribution is 0.147. The fourth-order valence-corrected chi connectivity index (χ4v) is 2.61. The van der Waals surface area contributed by atoms with E-state index >= 15 is 0 Å². The van der Waals surface area contributed by atoms with Crippen LogP contribution in [-0.4, -0.2) is 37.1 Å². The number of piperidine rings is 1. The van der Waals surface area contributed by atoms with Crippen LogP contribution < -0.4 is 5.32 Å². The van der Waals surface area contributed by atoms with Crippen LogP contribution >= 0.6 is 0 Å². The van der Waals surface area contributed by atoms with E-state index in [1.807, 2.05) is 0 Å². The van der Waals surface area contributed by atoms with Gasteiger partial charge in [0, 0.05) is 18.6 Å². The summed E-state index contributed by atoms with van der Waals surface area (Å²) >= 11 is 0. The maximum atomic E-state index is 3.51. The molecule has 0 aromatic rings. The van der Waals surface area contributed by atoms with Crippen LogP contribution in [0.4, 0.5) is 0 Å². The monoisotopic (exact) mass is 226 g/mol. The highest BCUT2D eigenvalue weighted by Gasteiger charge is 2.21. The highest BCUT2D eigenvalue weighted by Crippen LogP contribution is 2.15. The van der Waals surface area contributed by atoms with Crippen LogP contribution in [0.15, 0.2) is 0 Å². The number of likely N-dealkylation sites (N-methyl/N-ethyl adjacent to an activating group) is 1. The Bertz CT molecular complexity index is 164. The summed E-state index contributed by atoms with van der Waals surface area (Å²) < 4.78 is 0. The van der Waals surface area contributed by atoms with Gasteiger partial charge in [-0.1, -0.05) is 32.6 Å². The van der Waals surface area contributed by atoms with Crippen molar-refractivity contribution in [2.45, 2.75) is 70.9 Å². The molecule has 0 aromatic carbocycles. The first kappa shape index (κ1) is 14.0. The van der Waals surface area contributed by atoms with Crippen molar-refractivity contribution in [1.29, 1.82) is 0 Å². The van der Waals surface area contributed by atoms with E-state index in [1.165, 1.54) is 58.0 Å². The van der Waals surface area contributed by atoms with Crippen LogP contribution in [-0.2, 0) is 0 Å². The van der Waals surface area contributed by atoms with Gasteiger partial charge >= 0.3 is 0 Å². The van der Waals surface area contributed by atoms with Crippen LogP contribution in [0.1, 0.15) is 58.8 Å². The molecule has 96 valence electrons. The van der Waals surface area contributed by atoms with Crippen molar-refractivity contribution in [2.24, 2.45) is 0 Å². The first-order valence-corrected chi connectivity index (χ1v) is 7.18. The lowest BCUT2D eigenvalue weighted by Gasteiger charge is -2.36. The molecule has 2 heteroatoms. The topological polar surface area (TPSA) is 15.3 Å². The van der Waals surface area contributed by atoms with Crippen LogP contribution in [0.5, 0.6) is 0 Å². The van der Waals surface area contributed by atoms with Crippen molar-refractivity contribution in [1.82, 2.24) is 10.2 Å². The third-order valence-corrected chi connectivity index (χ3v) is 4.02. The van der Waals surface area contributed by atoms with Crippen molar-refractivity contribution >= 4 is 0 Å². The molecule has 1 heterocycles. The van der Waals surface area contributed by atoms with Crippen LogP contribution in [0, 0.1) is 0 Å². The smallest absolute Gasteiger partial charge is 0.0220 e. The molecule has 1 rings (SSSR count). The maximum Gasteiger partial charge on any atom is 0.0220 e. The Morgan fingerprint density at radius 2 is 2.12 bits per heavy atom. The molecule has 2 atom stereocenters. The lowest BCUT2D eigenvalue weighted by Crippen LogP contribution is -2.47. The summed E-state index contributed by atoms with van der Waals surface area (Å²) in [6.45, 7) is 7.08. The van der Waals surface area contributed by atoms with Gasteiger partial charge in [0.15, 0.2) is 0 Å². The molecule has 1 aliphatic rings. The Hall–Kier alpha value is -0.0800. The Morgan fingerprint density at radius 3 is 2.75 bits per heavy atom. The summed E-state index contributed by atoms with van der Waals surface area (Å²) in [6.07, 6.45) is 9.66. The number of rotatable bonds is 7. The summed E-state index contributed by atoms with van der Waals surface area (Å²) in [4.78, 5) is 2.60. The second kappa shape index (κ2) is 8.08. The number of nitrogens with one attached hydrogen (secondary N) is 1. The molecule has 16 heavy (non-hydrogen) atoms. The van der Waals surface area contributed by atoms with Crippen molar-refractivity contribution in [3.05, 3.63) is 0 Å². The number of hydrogen-bond donors (Lipinski definition) is 1. The van der Waals surface area contributed by atoms with Crippen LogP contribution in [0.2, 0.25) is 0 Å². The van der Waals surface area contributed by atoms with E-state index in [4.69, 9.17) is 0 Å². The van der Waals surface area contributed by atoms with Gasteiger partial charge in [0.1, 0.15) is 0 Å². The van der Waals surface area contributed by atoms with E-state index < -0.39 is 0 Å². The van der Waals surface area contributed by atoms with Gasteiger partial charge in [0.2, 0.25) is 0 Å². The third kappa shape index (κ3) is 4.84. The predicted octanol–water partition coefficient (Wildman–Crippen LogP) is 3.03. The highest BCUT2D eigenvalue weighted by atomic mass is 15.2. The highest BCUT2D eigenvalue weighted by molar-refractivity contribution is 4.79. The molecule has 2 unspecified atom stereocenters.